The summed E-state index contributed by atoms with van der Waals surface area (Å²) in [7, 11) is 0. The smallest absolute Gasteiger partial charge is 0.261 e. The lowest BCUT2D eigenvalue weighted by molar-refractivity contribution is -0.127. The molecule has 0 bridgehead atoms. The summed E-state index contributed by atoms with van der Waals surface area (Å²) in [6.07, 6.45) is 1.28. The van der Waals surface area contributed by atoms with Gasteiger partial charge in [-0.1, -0.05) is 23.5 Å². The van der Waals surface area contributed by atoms with Gasteiger partial charge in [0.05, 0.1) is 30.0 Å². The largest absolute Gasteiger partial charge is 0.490 e. The van der Waals surface area contributed by atoms with Crippen molar-refractivity contribution in [3.8, 4) is 17.2 Å². The number of rotatable bonds is 10. The molecular weight excluding hydrogens is 454 g/mol. The molecule has 0 aliphatic carbocycles. The van der Waals surface area contributed by atoms with E-state index in [1.807, 2.05) is 45.0 Å². The number of likely N-dealkylation sites (tertiary alicyclic amines) is 1. The number of hydrogen-bond acceptors (Lipinski definition) is 7. The molecule has 2 heterocycles. The molecule has 9 heteroatoms. The van der Waals surface area contributed by atoms with Gasteiger partial charge in [-0.15, -0.1) is 0 Å². The minimum atomic E-state index is -0.288. The van der Waals surface area contributed by atoms with Crippen LogP contribution in [0.15, 0.2) is 36.4 Å². The highest BCUT2D eigenvalue weighted by atomic mass is 32.1. The van der Waals surface area contributed by atoms with E-state index in [0.717, 1.165) is 16.6 Å². The van der Waals surface area contributed by atoms with Gasteiger partial charge in [0.2, 0.25) is 11.7 Å². The van der Waals surface area contributed by atoms with Crippen molar-refractivity contribution in [2.24, 2.45) is 0 Å². The SMILES string of the molecule is CCOc1cc(C(=O)N(CN2CCCC2=O)c2nc3ccccc3s2)cc(OCC)c1OCC. The molecule has 1 saturated heterocycles. The van der Waals surface area contributed by atoms with Gasteiger partial charge in [0.15, 0.2) is 16.6 Å². The Balaban J connectivity index is 1.77. The number of hydrogen-bond donors (Lipinski definition) is 0. The number of benzene rings is 2. The van der Waals surface area contributed by atoms with Crippen LogP contribution in [0.4, 0.5) is 5.13 Å². The van der Waals surface area contributed by atoms with E-state index in [0.29, 0.717) is 60.7 Å². The molecule has 1 aliphatic rings. The molecule has 8 nitrogen and oxygen atoms in total. The number of carbonyl (C=O) groups excluding carboxylic acids is 2. The highest BCUT2D eigenvalue weighted by Crippen LogP contribution is 2.40. The maximum atomic E-state index is 13.9. The van der Waals surface area contributed by atoms with Crippen LogP contribution in [0.5, 0.6) is 17.2 Å². The topological polar surface area (TPSA) is 81.2 Å². The van der Waals surface area contributed by atoms with Crippen LogP contribution in [0.2, 0.25) is 0 Å². The van der Waals surface area contributed by atoms with Gasteiger partial charge >= 0.3 is 0 Å². The van der Waals surface area contributed by atoms with Crippen molar-refractivity contribution in [2.75, 3.05) is 37.9 Å². The maximum Gasteiger partial charge on any atom is 0.261 e. The fourth-order valence-corrected chi connectivity index (χ4v) is 4.84. The third kappa shape index (κ3) is 4.94. The van der Waals surface area contributed by atoms with Gasteiger partial charge in [0, 0.05) is 18.5 Å². The first kappa shape index (κ1) is 23.8. The normalized spacial score (nSPS) is 13.4. The first-order valence-electron chi connectivity index (χ1n) is 11.6. The number of para-hydroxylation sites is 1. The highest BCUT2D eigenvalue weighted by molar-refractivity contribution is 7.22. The van der Waals surface area contributed by atoms with Gasteiger partial charge < -0.3 is 19.1 Å². The molecule has 1 aliphatic heterocycles. The number of thiazole rings is 1. The molecule has 1 aromatic heterocycles. The predicted molar refractivity (Wildman–Crippen MR) is 132 cm³/mol. The molecule has 3 aromatic rings. The Morgan fingerprint density at radius 1 is 1.06 bits per heavy atom. The summed E-state index contributed by atoms with van der Waals surface area (Å²) in [6, 6.07) is 11.1. The molecule has 0 saturated carbocycles. The quantitative estimate of drug-likeness (QED) is 0.415. The number of ether oxygens (including phenoxy) is 3. The van der Waals surface area contributed by atoms with E-state index in [4.69, 9.17) is 14.2 Å². The monoisotopic (exact) mass is 483 g/mol. The van der Waals surface area contributed by atoms with Crippen LogP contribution in [-0.2, 0) is 4.79 Å². The minimum absolute atomic E-state index is 0.0376. The molecule has 0 radical (unpaired) electrons. The maximum absolute atomic E-state index is 13.9. The zero-order valence-electron chi connectivity index (χ0n) is 19.7. The van der Waals surface area contributed by atoms with E-state index in [9.17, 15) is 9.59 Å². The second kappa shape index (κ2) is 10.7. The second-order valence-electron chi connectivity index (χ2n) is 7.70. The van der Waals surface area contributed by atoms with Crippen LogP contribution in [0.1, 0.15) is 44.0 Å². The summed E-state index contributed by atoms with van der Waals surface area (Å²) in [6.45, 7) is 7.63. The molecule has 34 heavy (non-hydrogen) atoms. The zero-order valence-corrected chi connectivity index (χ0v) is 20.5. The summed E-state index contributed by atoms with van der Waals surface area (Å²) in [5.74, 6) is 1.11. The predicted octanol–water partition coefficient (Wildman–Crippen LogP) is 4.72. The lowest BCUT2D eigenvalue weighted by atomic mass is 10.1. The van der Waals surface area contributed by atoms with Gasteiger partial charge in [-0.3, -0.25) is 14.5 Å². The first-order valence-corrected chi connectivity index (χ1v) is 12.4. The minimum Gasteiger partial charge on any atom is -0.490 e. The fourth-order valence-electron chi connectivity index (χ4n) is 3.88. The number of anilines is 1. The van der Waals surface area contributed by atoms with E-state index in [-0.39, 0.29) is 18.5 Å². The Morgan fingerprint density at radius 2 is 1.74 bits per heavy atom. The zero-order chi connectivity index (χ0) is 24.1. The number of carbonyl (C=O) groups is 2. The lowest BCUT2D eigenvalue weighted by Gasteiger charge is -2.26. The lowest BCUT2D eigenvalue weighted by Crippen LogP contribution is -2.42. The van der Waals surface area contributed by atoms with Gasteiger partial charge in [-0.25, -0.2) is 4.98 Å². The van der Waals surface area contributed by atoms with Gasteiger partial charge in [0.25, 0.3) is 5.91 Å². The molecule has 4 rings (SSSR count). The summed E-state index contributed by atoms with van der Waals surface area (Å²) >= 11 is 1.42. The Bertz CT molecular complexity index is 1120. The number of nitrogens with zero attached hydrogens (tertiary/aromatic N) is 3. The molecular formula is C25H29N3O5S. The standard InChI is InChI=1S/C25H29N3O5S/c1-4-31-19-14-17(15-20(32-5-2)23(19)33-6-3)24(30)28(16-27-13-9-12-22(27)29)25-26-18-10-7-8-11-21(18)34-25/h7-8,10-11,14-15H,4-6,9,12-13,16H2,1-3H3. The van der Waals surface area contributed by atoms with Crippen LogP contribution in [0.3, 0.4) is 0 Å². The van der Waals surface area contributed by atoms with Gasteiger partial charge in [0.1, 0.15) is 6.67 Å². The fraction of sp³-hybridized carbons (Fsp3) is 0.400. The van der Waals surface area contributed by atoms with Crippen LogP contribution < -0.4 is 19.1 Å². The molecule has 0 atom stereocenters. The average molecular weight is 484 g/mol. The van der Waals surface area contributed by atoms with Crippen LogP contribution in [0.25, 0.3) is 10.2 Å². The Labute approximate surface area is 203 Å². The first-order chi connectivity index (χ1) is 16.5. The van der Waals surface area contributed by atoms with E-state index in [1.165, 1.54) is 11.3 Å². The van der Waals surface area contributed by atoms with E-state index in [2.05, 4.69) is 4.98 Å². The van der Waals surface area contributed by atoms with Crippen molar-refractivity contribution >= 4 is 38.5 Å². The molecule has 0 unspecified atom stereocenters. The van der Waals surface area contributed by atoms with E-state index in [1.54, 1.807) is 21.9 Å². The Hall–Kier alpha value is -3.33. The molecule has 1 fully saturated rings. The second-order valence-corrected chi connectivity index (χ2v) is 8.71. The summed E-state index contributed by atoms with van der Waals surface area (Å²) in [5.41, 5.74) is 1.19. The summed E-state index contributed by atoms with van der Waals surface area (Å²) in [5, 5.41) is 0.538. The van der Waals surface area contributed by atoms with Crippen molar-refractivity contribution in [3.63, 3.8) is 0 Å². The van der Waals surface area contributed by atoms with Crippen LogP contribution in [0, 0.1) is 0 Å². The summed E-state index contributed by atoms with van der Waals surface area (Å²) < 4.78 is 18.3. The number of amides is 2. The third-order valence-electron chi connectivity index (χ3n) is 5.40. The Kier molecular flexibility index (Phi) is 7.52. The van der Waals surface area contributed by atoms with Crippen molar-refractivity contribution in [3.05, 3.63) is 42.0 Å². The molecule has 0 N–H and O–H groups in total. The third-order valence-corrected chi connectivity index (χ3v) is 6.46. The average Bonchev–Trinajstić information content (AvgIpc) is 3.44. The van der Waals surface area contributed by atoms with Crippen molar-refractivity contribution < 1.29 is 23.8 Å². The highest BCUT2D eigenvalue weighted by Gasteiger charge is 2.29. The number of aromatic nitrogens is 1. The number of fused-ring (bicyclic) bond motifs is 1. The van der Waals surface area contributed by atoms with Crippen LogP contribution >= 0.6 is 11.3 Å². The van der Waals surface area contributed by atoms with Crippen LogP contribution in [-0.4, -0.2) is 54.7 Å². The Morgan fingerprint density at radius 3 is 2.32 bits per heavy atom. The molecule has 2 aromatic carbocycles. The van der Waals surface area contributed by atoms with E-state index >= 15 is 0 Å². The molecule has 0 spiro atoms. The van der Waals surface area contributed by atoms with Crippen molar-refractivity contribution in [1.29, 1.82) is 0 Å². The molecule has 180 valence electrons. The molecule has 2 amide bonds. The van der Waals surface area contributed by atoms with E-state index < -0.39 is 0 Å². The van der Waals surface area contributed by atoms with Crippen molar-refractivity contribution in [2.45, 2.75) is 33.6 Å². The van der Waals surface area contributed by atoms with Gasteiger partial charge in [-0.05, 0) is 51.5 Å². The van der Waals surface area contributed by atoms with Gasteiger partial charge in [-0.2, -0.15) is 0 Å². The summed E-state index contributed by atoms with van der Waals surface area (Å²) in [4.78, 5) is 34.2. The van der Waals surface area contributed by atoms with Crippen molar-refractivity contribution in [1.82, 2.24) is 9.88 Å².